The van der Waals surface area contributed by atoms with Crippen LogP contribution in [0, 0.1) is 22.7 Å². The summed E-state index contributed by atoms with van der Waals surface area (Å²) in [5.41, 5.74) is -2.73. The molecule has 0 spiro atoms. The molecule has 25 heavy (non-hydrogen) atoms. The van der Waals surface area contributed by atoms with E-state index in [1.165, 1.54) is 0 Å². The molecule has 0 radical (unpaired) electrons. The van der Waals surface area contributed by atoms with Crippen LogP contribution in [0.1, 0.15) is 38.5 Å². The molecule has 0 heterocycles. The molecule has 5 nitrogen and oxygen atoms in total. The van der Waals surface area contributed by atoms with Crippen molar-refractivity contribution in [3.05, 3.63) is 0 Å². The van der Waals surface area contributed by atoms with Crippen molar-refractivity contribution in [1.29, 1.82) is 0 Å². The zero-order valence-electron chi connectivity index (χ0n) is 12.9. The van der Waals surface area contributed by atoms with Crippen LogP contribution in [0.4, 0.5) is 22.0 Å². The van der Waals surface area contributed by atoms with Crippen molar-refractivity contribution < 1.29 is 46.1 Å². The van der Waals surface area contributed by atoms with Crippen LogP contribution in [0.5, 0.6) is 0 Å². The number of hydrogen-bond donors (Lipinski definition) is 0. The van der Waals surface area contributed by atoms with Crippen LogP contribution in [0.3, 0.4) is 0 Å². The topological polar surface area (TPSA) is 67.8 Å². The maximum Gasteiger partial charge on any atom is 0.415 e. The highest BCUT2D eigenvalue weighted by Gasteiger charge is 2.67. The number of carbonyl (C=O) groups is 1. The molecule has 0 aromatic carbocycles. The SMILES string of the molecule is O=C(OCC12CC3CC(C1)CC(C(F)(F)F)(C3)C2)C(F)(F)SOO[O-]. The molecule has 4 saturated carbocycles. The Morgan fingerprint density at radius 1 is 1.12 bits per heavy atom. The van der Waals surface area contributed by atoms with E-state index in [9.17, 15) is 32.0 Å². The van der Waals surface area contributed by atoms with Gasteiger partial charge in [-0.25, -0.2) is 4.79 Å². The van der Waals surface area contributed by atoms with Gasteiger partial charge in [-0.3, -0.25) is 5.04 Å². The van der Waals surface area contributed by atoms with Gasteiger partial charge in [0.05, 0.1) is 12.0 Å². The maximum atomic E-state index is 13.6. The Morgan fingerprint density at radius 2 is 1.72 bits per heavy atom. The summed E-state index contributed by atoms with van der Waals surface area (Å²) in [5, 5.41) is 8.15. The minimum atomic E-state index is -4.36. The van der Waals surface area contributed by atoms with Gasteiger partial charge in [-0.1, -0.05) is 0 Å². The standard InChI is InChI=1S/C14H17F5O5S/c15-13(16,25-24-23-21)10(20)22-7-11-2-8-1-9(3-11)5-12(4-8,6-11)14(17,18)19/h8-9,21H,1-7H2/p-1. The van der Waals surface area contributed by atoms with Crippen LogP contribution in [-0.2, 0) is 18.9 Å². The molecule has 0 N–H and O–H groups in total. The van der Waals surface area contributed by atoms with E-state index >= 15 is 0 Å². The van der Waals surface area contributed by atoms with Crippen molar-refractivity contribution in [2.75, 3.05) is 6.61 Å². The summed E-state index contributed by atoms with van der Waals surface area (Å²) in [6, 6.07) is 0. The first-order valence-electron chi connectivity index (χ1n) is 7.77. The molecule has 4 aliphatic carbocycles. The predicted molar refractivity (Wildman–Crippen MR) is 71.3 cm³/mol. The average Bonchev–Trinajstić information content (AvgIpc) is 2.48. The fourth-order valence-electron chi connectivity index (χ4n) is 5.35. The van der Waals surface area contributed by atoms with E-state index in [-0.39, 0.29) is 31.1 Å². The van der Waals surface area contributed by atoms with Crippen molar-refractivity contribution in [3.63, 3.8) is 0 Å². The third-order valence-corrected chi connectivity index (χ3v) is 6.20. The van der Waals surface area contributed by atoms with Gasteiger partial charge in [-0.05, 0) is 50.4 Å². The molecular weight excluding hydrogens is 375 g/mol. The summed E-state index contributed by atoms with van der Waals surface area (Å²) >= 11 is -0.815. The molecular formula is C14H16F5O5S-. The lowest BCUT2D eigenvalue weighted by molar-refractivity contribution is -0.777. The minimum absolute atomic E-state index is 0.0589. The number of rotatable bonds is 6. The highest BCUT2D eigenvalue weighted by molar-refractivity contribution is 7.96. The monoisotopic (exact) mass is 391 g/mol. The lowest BCUT2D eigenvalue weighted by atomic mass is 9.44. The summed E-state index contributed by atoms with van der Waals surface area (Å²) in [5.74, 6) is -2.23. The number of alkyl halides is 5. The van der Waals surface area contributed by atoms with Gasteiger partial charge in [0.1, 0.15) is 12.0 Å². The second-order valence-corrected chi connectivity index (χ2v) is 8.37. The van der Waals surface area contributed by atoms with E-state index in [0.29, 0.717) is 19.3 Å². The molecule has 0 aromatic heterocycles. The van der Waals surface area contributed by atoms with Gasteiger partial charge in [-0.15, -0.1) is 0 Å². The van der Waals surface area contributed by atoms with E-state index in [0.717, 1.165) is 0 Å². The van der Waals surface area contributed by atoms with E-state index in [2.05, 4.69) is 14.1 Å². The summed E-state index contributed by atoms with van der Waals surface area (Å²) in [6.45, 7) is -0.495. The smallest absolute Gasteiger partial charge is 0.415 e. The highest BCUT2D eigenvalue weighted by Crippen LogP contribution is 2.69. The van der Waals surface area contributed by atoms with E-state index in [1.54, 1.807) is 0 Å². The van der Waals surface area contributed by atoms with E-state index in [1.807, 2.05) is 0 Å². The molecule has 0 aromatic rings. The first-order chi connectivity index (χ1) is 11.5. The number of halogens is 5. The van der Waals surface area contributed by atoms with Crippen LogP contribution in [0.15, 0.2) is 0 Å². The van der Waals surface area contributed by atoms with Crippen molar-refractivity contribution in [2.45, 2.75) is 50.0 Å². The molecule has 4 bridgehead atoms. The molecule has 0 aliphatic heterocycles. The third kappa shape index (κ3) is 3.47. The Morgan fingerprint density at radius 3 is 2.24 bits per heavy atom. The van der Waals surface area contributed by atoms with Gasteiger partial charge in [-0.2, -0.15) is 26.3 Å². The number of ether oxygens (including phenoxy) is 1. The van der Waals surface area contributed by atoms with Crippen molar-refractivity contribution in [3.8, 4) is 0 Å². The fourth-order valence-corrected chi connectivity index (χ4v) is 5.59. The molecule has 11 heteroatoms. The zero-order valence-corrected chi connectivity index (χ0v) is 13.8. The Labute approximate surface area is 144 Å². The lowest BCUT2D eigenvalue weighted by Crippen LogP contribution is -2.58. The van der Waals surface area contributed by atoms with Gasteiger partial charge >= 0.3 is 17.4 Å². The second kappa shape index (κ2) is 6.21. The highest BCUT2D eigenvalue weighted by atomic mass is 32.2. The number of carbonyl (C=O) groups excluding carboxylic acids is 1. The predicted octanol–water partition coefficient (Wildman–Crippen LogP) is 3.14. The van der Waals surface area contributed by atoms with Crippen LogP contribution in [-0.4, -0.2) is 24.0 Å². The van der Waals surface area contributed by atoms with Gasteiger partial charge in [0.2, 0.25) is 0 Å². The normalized spacial score (nSPS) is 37.4. The minimum Gasteiger partial charge on any atom is -0.691 e. The number of esters is 1. The Bertz CT molecular complexity index is 526. The van der Waals surface area contributed by atoms with Crippen molar-refractivity contribution in [2.24, 2.45) is 22.7 Å². The molecule has 0 amide bonds. The van der Waals surface area contributed by atoms with E-state index in [4.69, 9.17) is 0 Å². The summed E-state index contributed by atoms with van der Waals surface area (Å²) < 4.78 is 75.7. The molecule has 4 rings (SSSR count). The Kier molecular flexibility index (Phi) is 4.75. The fraction of sp³-hybridized carbons (Fsp3) is 0.929. The van der Waals surface area contributed by atoms with Crippen LogP contribution in [0.2, 0.25) is 0 Å². The average molecular weight is 391 g/mol. The summed E-state index contributed by atoms with van der Waals surface area (Å²) in [6.07, 6.45) is -2.87. The summed E-state index contributed by atoms with van der Waals surface area (Å²) in [7, 11) is 0. The van der Waals surface area contributed by atoms with Crippen LogP contribution < -0.4 is 5.26 Å². The van der Waals surface area contributed by atoms with E-state index < -0.39 is 46.9 Å². The molecule has 144 valence electrons. The van der Waals surface area contributed by atoms with Gasteiger partial charge in [0, 0.05) is 5.41 Å². The molecule has 0 saturated heterocycles. The molecule has 2 atom stereocenters. The van der Waals surface area contributed by atoms with Crippen molar-refractivity contribution in [1.82, 2.24) is 0 Å². The quantitative estimate of drug-likeness (QED) is 0.228. The summed E-state index contributed by atoms with van der Waals surface area (Å²) in [4.78, 5) is 11.5. The Balaban J connectivity index is 1.69. The van der Waals surface area contributed by atoms with Gasteiger partial charge in [0.15, 0.2) is 0 Å². The third-order valence-electron chi connectivity index (χ3n) is 5.70. The largest absolute Gasteiger partial charge is 0.691 e. The first-order valence-corrected chi connectivity index (χ1v) is 8.51. The second-order valence-electron chi connectivity index (χ2n) is 7.55. The van der Waals surface area contributed by atoms with Gasteiger partial charge < -0.3 is 9.99 Å². The molecule has 4 aliphatic rings. The molecule has 2 unspecified atom stereocenters. The van der Waals surface area contributed by atoms with Gasteiger partial charge in [0.25, 0.3) is 0 Å². The van der Waals surface area contributed by atoms with Crippen LogP contribution in [0.25, 0.3) is 0 Å². The molecule has 4 fully saturated rings. The van der Waals surface area contributed by atoms with Crippen molar-refractivity contribution >= 4 is 18.0 Å². The number of hydrogen-bond acceptors (Lipinski definition) is 6. The Hall–Kier alpha value is -0.650. The zero-order chi connectivity index (χ0) is 18.5. The maximum absolute atomic E-state index is 13.6. The first kappa shape index (κ1) is 19.1. The van der Waals surface area contributed by atoms with Crippen LogP contribution >= 0.6 is 12.0 Å². The lowest BCUT2D eigenvalue weighted by Gasteiger charge is -2.61.